The van der Waals surface area contributed by atoms with Crippen molar-refractivity contribution in [3.05, 3.63) is 20.8 Å². The minimum atomic E-state index is 0.390. The van der Waals surface area contributed by atoms with Gasteiger partial charge in [0.1, 0.15) is 0 Å². The quantitative estimate of drug-likeness (QED) is 0.869. The van der Waals surface area contributed by atoms with Gasteiger partial charge in [0, 0.05) is 20.8 Å². The monoisotopic (exact) mass is 273 g/mol. The second kappa shape index (κ2) is 3.95. The van der Waals surface area contributed by atoms with Crippen molar-refractivity contribution in [3.63, 3.8) is 0 Å². The van der Waals surface area contributed by atoms with E-state index in [0.717, 1.165) is 0 Å². The Hall–Kier alpha value is 0.140. The first kappa shape index (κ1) is 10.7. The molecule has 1 heterocycles. The maximum absolute atomic E-state index is 3.64. The summed E-state index contributed by atoms with van der Waals surface area (Å²) < 4.78 is 1.29. The summed E-state index contributed by atoms with van der Waals surface area (Å²) in [5.74, 6) is 0. The molecule has 3 heteroatoms. The first-order chi connectivity index (χ1) is 6.65. The van der Waals surface area contributed by atoms with Gasteiger partial charge in [-0.3, -0.25) is 0 Å². The fourth-order valence-electron chi connectivity index (χ4n) is 2.42. The molecule has 0 saturated heterocycles. The molecule has 1 saturated carbocycles. The molecular formula is C11H16BrNS. The Bertz CT molecular complexity index is 323. The van der Waals surface area contributed by atoms with Crippen LogP contribution in [0.2, 0.25) is 0 Å². The van der Waals surface area contributed by atoms with Gasteiger partial charge in [-0.25, -0.2) is 0 Å². The van der Waals surface area contributed by atoms with Crippen LogP contribution in [0.3, 0.4) is 0 Å². The largest absolute Gasteiger partial charge is 0.317 e. The van der Waals surface area contributed by atoms with Crippen molar-refractivity contribution in [3.8, 4) is 0 Å². The summed E-state index contributed by atoms with van der Waals surface area (Å²) in [5, 5.41) is 5.57. The smallest absolute Gasteiger partial charge is 0.0320 e. The van der Waals surface area contributed by atoms with Crippen LogP contribution in [0.4, 0.5) is 0 Å². The van der Waals surface area contributed by atoms with Gasteiger partial charge in [-0.2, -0.15) is 0 Å². The summed E-state index contributed by atoms with van der Waals surface area (Å²) in [6.07, 6.45) is 3.87. The molecule has 1 aromatic rings. The van der Waals surface area contributed by atoms with Crippen molar-refractivity contribution >= 4 is 27.3 Å². The molecule has 1 N–H and O–H groups in total. The molecule has 0 radical (unpaired) electrons. The van der Waals surface area contributed by atoms with Gasteiger partial charge >= 0.3 is 0 Å². The molecule has 0 aromatic carbocycles. The lowest BCUT2D eigenvalue weighted by molar-refractivity contribution is 0.473. The SMILES string of the molecule is CNC1CCC(C)(c2sccc2Br)C1. The van der Waals surface area contributed by atoms with Crippen molar-refractivity contribution in [1.82, 2.24) is 5.32 Å². The van der Waals surface area contributed by atoms with E-state index in [1.165, 1.54) is 28.6 Å². The average Bonchev–Trinajstić information content (AvgIpc) is 2.73. The van der Waals surface area contributed by atoms with E-state index in [9.17, 15) is 0 Å². The molecule has 2 unspecified atom stereocenters. The van der Waals surface area contributed by atoms with Gasteiger partial charge in [-0.1, -0.05) is 6.92 Å². The molecular weight excluding hydrogens is 258 g/mol. The molecule has 1 aliphatic carbocycles. The van der Waals surface area contributed by atoms with Crippen molar-refractivity contribution in [2.45, 2.75) is 37.6 Å². The van der Waals surface area contributed by atoms with E-state index in [2.05, 4.69) is 46.7 Å². The van der Waals surface area contributed by atoms with Crippen LogP contribution in [0, 0.1) is 0 Å². The molecule has 1 aliphatic rings. The van der Waals surface area contributed by atoms with Gasteiger partial charge in [0.05, 0.1) is 0 Å². The van der Waals surface area contributed by atoms with Crippen LogP contribution >= 0.6 is 27.3 Å². The summed E-state index contributed by atoms with van der Waals surface area (Å²) in [5.41, 5.74) is 0.390. The molecule has 0 bridgehead atoms. The van der Waals surface area contributed by atoms with Crippen molar-refractivity contribution in [2.24, 2.45) is 0 Å². The van der Waals surface area contributed by atoms with Gasteiger partial charge < -0.3 is 5.32 Å². The Morgan fingerprint density at radius 2 is 2.43 bits per heavy atom. The second-order valence-electron chi connectivity index (χ2n) is 4.39. The van der Waals surface area contributed by atoms with Crippen LogP contribution in [-0.4, -0.2) is 13.1 Å². The highest BCUT2D eigenvalue weighted by Crippen LogP contribution is 2.45. The average molecular weight is 274 g/mol. The summed E-state index contributed by atoms with van der Waals surface area (Å²) in [6.45, 7) is 2.39. The normalized spacial score (nSPS) is 32.4. The number of hydrogen-bond acceptors (Lipinski definition) is 2. The lowest BCUT2D eigenvalue weighted by Gasteiger charge is -2.23. The van der Waals surface area contributed by atoms with Gasteiger partial charge in [0.15, 0.2) is 0 Å². The van der Waals surface area contributed by atoms with Crippen LogP contribution in [0.25, 0.3) is 0 Å². The molecule has 14 heavy (non-hydrogen) atoms. The third kappa shape index (κ3) is 1.77. The molecule has 0 spiro atoms. The number of thiophene rings is 1. The van der Waals surface area contributed by atoms with E-state index in [0.29, 0.717) is 11.5 Å². The first-order valence-corrected chi connectivity index (χ1v) is 6.74. The summed E-state index contributed by atoms with van der Waals surface area (Å²) in [4.78, 5) is 1.52. The highest BCUT2D eigenvalue weighted by Gasteiger charge is 2.37. The lowest BCUT2D eigenvalue weighted by atomic mass is 9.87. The highest BCUT2D eigenvalue weighted by atomic mass is 79.9. The van der Waals surface area contributed by atoms with E-state index >= 15 is 0 Å². The Morgan fingerprint density at radius 1 is 1.64 bits per heavy atom. The molecule has 2 atom stereocenters. The maximum Gasteiger partial charge on any atom is 0.0320 e. The van der Waals surface area contributed by atoms with Crippen LogP contribution in [0.1, 0.15) is 31.1 Å². The van der Waals surface area contributed by atoms with E-state index < -0.39 is 0 Å². The van der Waals surface area contributed by atoms with Crippen molar-refractivity contribution in [2.75, 3.05) is 7.05 Å². The zero-order valence-corrected chi connectivity index (χ0v) is 11.0. The number of hydrogen-bond donors (Lipinski definition) is 1. The van der Waals surface area contributed by atoms with E-state index in [1.807, 2.05) is 11.3 Å². The molecule has 1 nitrogen and oxygen atoms in total. The van der Waals surface area contributed by atoms with E-state index in [1.54, 1.807) is 0 Å². The predicted molar refractivity (Wildman–Crippen MR) is 66.1 cm³/mol. The third-order valence-corrected chi connectivity index (χ3v) is 5.46. The van der Waals surface area contributed by atoms with Crippen molar-refractivity contribution in [1.29, 1.82) is 0 Å². The molecule has 0 aliphatic heterocycles. The standard InChI is InChI=1S/C11H16BrNS/c1-11(5-3-8(7-11)13-2)10-9(12)4-6-14-10/h4,6,8,13H,3,5,7H2,1-2H3. The highest BCUT2D eigenvalue weighted by molar-refractivity contribution is 9.10. The number of rotatable bonds is 2. The van der Waals surface area contributed by atoms with Gasteiger partial charge in [0.25, 0.3) is 0 Å². The van der Waals surface area contributed by atoms with Gasteiger partial charge in [-0.15, -0.1) is 11.3 Å². The second-order valence-corrected chi connectivity index (χ2v) is 6.16. The number of nitrogens with one attached hydrogen (secondary N) is 1. The topological polar surface area (TPSA) is 12.0 Å². The summed E-state index contributed by atoms with van der Waals surface area (Å²) in [7, 11) is 2.07. The fraction of sp³-hybridized carbons (Fsp3) is 0.636. The Labute approximate surface area is 98.0 Å². The van der Waals surface area contributed by atoms with Crippen LogP contribution in [0.5, 0.6) is 0 Å². The van der Waals surface area contributed by atoms with Gasteiger partial charge in [0.2, 0.25) is 0 Å². The van der Waals surface area contributed by atoms with Gasteiger partial charge in [-0.05, 0) is 53.7 Å². The van der Waals surface area contributed by atoms with Crippen LogP contribution in [-0.2, 0) is 5.41 Å². The van der Waals surface area contributed by atoms with Crippen LogP contribution < -0.4 is 5.32 Å². The zero-order valence-electron chi connectivity index (χ0n) is 8.64. The van der Waals surface area contributed by atoms with E-state index in [4.69, 9.17) is 0 Å². The molecule has 2 rings (SSSR count). The van der Waals surface area contributed by atoms with Crippen LogP contribution in [0.15, 0.2) is 15.9 Å². The lowest BCUT2D eigenvalue weighted by Crippen LogP contribution is -2.25. The fourth-order valence-corrected chi connectivity index (χ4v) is 4.47. The summed E-state index contributed by atoms with van der Waals surface area (Å²) >= 11 is 5.53. The van der Waals surface area contributed by atoms with Crippen molar-refractivity contribution < 1.29 is 0 Å². The Kier molecular flexibility index (Phi) is 3.01. The number of halogens is 1. The third-order valence-electron chi connectivity index (χ3n) is 3.32. The molecule has 0 amide bonds. The summed E-state index contributed by atoms with van der Waals surface area (Å²) in [6, 6.07) is 2.87. The predicted octanol–water partition coefficient (Wildman–Crippen LogP) is 3.54. The minimum absolute atomic E-state index is 0.390. The first-order valence-electron chi connectivity index (χ1n) is 5.06. The Morgan fingerprint density at radius 3 is 2.93 bits per heavy atom. The Balaban J connectivity index is 2.22. The molecule has 78 valence electrons. The molecule has 1 fully saturated rings. The molecule has 1 aromatic heterocycles. The zero-order chi connectivity index (χ0) is 10.2. The minimum Gasteiger partial charge on any atom is -0.317 e. The maximum atomic E-state index is 3.64. The van der Waals surface area contributed by atoms with E-state index in [-0.39, 0.29) is 0 Å².